The van der Waals surface area contributed by atoms with Crippen LogP contribution in [0.5, 0.6) is 6.01 Å². The van der Waals surface area contributed by atoms with Crippen molar-refractivity contribution in [2.45, 2.75) is 62.3 Å². The number of fused-ring (bicyclic) bond motifs is 5. The number of halogens is 4. The van der Waals surface area contributed by atoms with Crippen molar-refractivity contribution in [3.8, 4) is 17.3 Å². The summed E-state index contributed by atoms with van der Waals surface area (Å²) in [6.07, 6.45) is 3.23. The lowest BCUT2D eigenvalue weighted by atomic mass is 9.95. The Morgan fingerprint density at radius 3 is 2.86 bits per heavy atom. The van der Waals surface area contributed by atoms with Gasteiger partial charge in [0.2, 0.25) is 0 Å². The standard InChI is InChI=1S/C32H33ClF3N7O/c1-31-8-6-19(41-31)14-42(15-31)29-20-11-22(35)25(28-24-17(10-23(37)38-28)4-2-5-21(24)33)26(36)27(20)39-30(40-29)44-16-32-7-3-9-43(32)13-18(34)12-32/h2,4-5,10-11,18-19,41H,3,6-9,12-16H2,1H3,(H2,37,38)/t18-,19?,31+,32+/m1/s1. The minimum Gasteiger partial charge on any atom is -0.461 e. The van der Waals surface area contributed by atoms with E-state index in [0.29, 0.717) is 47.7 Å². The number of nitrogens with one attached hydrogen (secondary N) is 1. The average Bonchev–Trinajstić information content (AvgIpc) is 3.59. The molecule has 0 radical (unpaired) electrons. The van der Waals surface area contributed by atoms with Crippen LogP contribution in [0.2, 0.25) is 5.02 Å². The number of anilines is 2. The zero-order chi connectivity index (χ0) is 30.4. The Kier molecular flexibility index (Phi) is 6.42. The Morgan fingerprint density at radius 1 is 1.16 bits per heavy atom. The molecule has 8 rings (SSSR count). The number of ether oxygens (including phenoxy) is 1. The van der Waals surface area contributed by atoms with Crippen LogP contribution in [0.25, 0.3) is 32.9 Å². The molecule has 4 aromatic rings. The molecule has 2 aromatic heterocycles. The van der Waals surface area contributed by atoms with Gasteiger partial charge in [-0.25, -0.2) is 18.2 Å². The SMILES string of the molecule is C[C@]12CCC(CN(c3nc(OC[C@@]45CCCN4C[C@H](F)C5)nc4c(F)c(-c5nc(N)cc6cccc(Cl)c56)c(F)cc34)C1)N2. The summed E-state index contributed by atoms with van der Waals surface area (Å²) in [4.78, 5) is 17.8. The summed E-state index contributed by atoms with van der Waals surface area (Å²) in [5, 5.41) is 5.20. The predicted octanol–water partition coefficient (Wildman–Crippen LogP) is 5.64. The number of nitrogen functional groups attached to an aromatic ring is 1. The van der Waals surface area contributed by atoms with E-state index in [1.54, 1.807) is 24.3 Å². The van der Waals surface area contributed by atoms with Crippen LogP contribution in [0.3, 0.4) is 0 Å². The lowest BCUT2D eigenvalue weighted by molar-refractivity contribution is 0.107. The Morgan fingerprint density at radius 2 is 2.02 bits per heavy atom. The molecule has 6 heterocycles. The first-order chi connectivity index (χ1) is 21.1. The van der Waals surface area contributed by atoms with Crippen molar-refractivity contribution in [2.24, 2.45) is 0 Å². The van der Waals surface area contributed by atoms with E-state index in [2.05, 4.69) is 32.0 Å². The highest BCUT2D eigenvalue weighted by Gasteiger charge is 2.49. The fraction of sp³-hybridized carbons (Fsp3) is 0.469. The van der Waals surface area contributed by atoms with Crippen molar-refractivity contribution in [3.63, 3.8) is 0 Å². The van der Waals surface area contributed by atoms with Crippen LogP contribution < -0.4 is 20.7 Å². The second-order valence-electron chi connectivity index (χ2n) is 13.2. The highest BCUT2D eigenvalue weighted by Crippen LogP contribution is 2.43. The largest absolute Gasteiger partial charge is 0.461 e. The molecule has 8 nitrogen and oxygen atoms in total. The summed E-state index contributed by atoms with van der Waals surface area (Å²) >= 11 is 6.53. The summed E-state index contributed by atoms with van der Waals surface area (Å²) in [6, 6.07) is 8.25. The molecule has 2 bridgehead atoms. The molecule has 4 fully saturated rings. The highest BCUT2D eigenvalue weighted by molar-refractivity contribution is 6.36. The number of rotatable bonds is 5. The third-order valence-electron chi connectivity index (χ3n) is 10.0. The van der Waals surface area contributed by atoms with Crippen LogP contribution in [0.4, 0.5) is 24.8 Å². The first kappa shape index (κ1) is 28.1. The Bertz CT molecular complexity index is 1830. The van der Waals surface area contributed by atoms with Crippen molar-refractivity contribution >= 4 is 44.9 Å². The van der Waals surface area contributed by atoms with Gasteiger partial charge in [-0.05, 0) is 62.7 Å². The Labute approximate surface area is 257 Å². The molecule has 0 saturated carbocycles. The Hall–Kier alpha value is -3.41. The van der Waals surface area contributed by atoms with Gasteiger partial charge < -0.3 is 20.7 Å². The molecule has 4 aliphatic heterocycles. The molecule has 44 heavy (non-hydrogen) atoms. The van der Waals surface area contributed by atoms with Crippen molar-refractivity contribution < 1.29 is 17.9 Å². The fourth-order valence-electron chi connectivity index (χ4n) is 8.10. The molecule has 4 aliphatic rings. The summed E-state index contributed by atoms with van der Waals surface area (Å²) in [5.41, 5.74) is 5.03. The minimum atomic E-state index is -0.917. The highest BCUT2D eigenvalue weighted by atomic mass is 35.5. The second kappa shape index (κ2) is 10.1. The number of pyridine rings is 1. The molecule has 12 heteroatoms. The smallest absolute Gasteiger partial charge is 0.319 e. The van der Waals surface area contributed by atoms with Crippen LogP contribution in [0, 0.1) is 11.6 Å². The quantitative estimate of drug-likeness (QED) is 0.295. The van der Waals surface area contributed by atoms with Crippen LogP contribution in [-0.2, 0) is 0 Å². The number of hydrogen-bond donors (Lipinski definition) is 2. The van der Waals surface area contributed by atoms with Gasteiger partial charge in [-0.3, -0.25) is 4.90 Å². The first-order valence-electron chi connectivity index (χ1n) is 15.2. The molecule has 0 aliphatic carbocycles. The maximum absolute atomic E-state index is 16.8. The molecule has 0 spiro atoms. The minimum absolute atomic E-state index is 0.00158. The Balaban J connectivity index is 1.29. The third-order valence-corrected chi connectivity index (χ3v) is 10.3. The van der Waals surface area contributed by atoms with Crippen molar-refractivity contribution in [2.75, 3.05) is 43.4 Å². The van der Waals surface area contributed by atoms with E-state index >= 15 is 8.78 Å². The number of alkyl halides is 1. The van der Waals surface area contributed by atoms with Gasteiger partial charge in [0.05, 0.1) is 21.8 Å². The molecular weight excluding hydrogens is 591 g/mol. The van der Waals surface area contributed by atoms with Crippen LogP contribution in [0.15, 0.2) is 30.3 Å². The lowest BCUT2D eigenvalue weighted by Gasteiger charge is -2.40. The van der Waals surface area contributed by atoms with Crippen molar-refractivity contribution in [1.29, 1.82) is 0 Å². The lowest BCUT2D eigenvalue weighted by Crippen LogP contribution is -2.58. The third kappa shape index (κ3) is 4.46. The molecular formula is C32H33ClF3N7O. The van der Waals surface area contributed by atoms with Gasteiger partial charge in [-0.2, -0.15) is 9.97 Å². The fourth-order valence-corrected chi connectivity index (χ4v) is 8.37. The van der Waals surface area contributed by atoms with Gasteiger partial charge in [-0.15, -0.1) is 0 Å². The molecule has 230 valence electrons. The van der Waals surface area contributed by atoms with E-state index in [9.17, 15) is 4.39 Å². The van der Waals surface area contributed by atoms with E-state index in [0.717, 1.165) is 32.2 Å². The molecule has 4 atom stereocenters. The van der Waals surface area contributed by atoms with Gasteiger partial charge >= 0.3 is 6.01 Å². The zero-order valence-electron chi connectivity index (χ0n) is 24.3. The molecule has 2 aromatic carbocycles. The number of nitrogens with two attached hydrogens (primary N) is 1. The van der Waals surface area contributed by atoms with Crippen LogP contribution in [-0.4, -0.2) is 75.9 Å². The first-order valence-corrected chi connectivity index (χ1v) is 15.6. The number of nitrogens with zero attached hydrogens (tertiary/aromatic N) is 5. The van der Waals surface area contributed by atoms with Crippen molar-refractivity contribution in [1.82, 2.24) is 25.2 Å². The molecule has 0 amide bonds. The van der Waals surface area contributed by atoms with Gasteiger partial charge in [0.25, 0.3) is 0 Å². The predicted molar refractivity (Wildman–Crippen MR) is 165 cm³/mol. The van der Waals surface area contributed by atoms with Crippen LogP contribution in [0.1, 0.15) is 39.0 Å². The summed E-state index contributed by atoms with van der Waals surface area (Å²) in [6.45, 7) is 4.78. The maximum atomic E-state index is 16.8. The van der Waals surface area contributed by atoms with E-state index in [-0.39, 0.29) is 52.2 Å². The van der Waals surface area contributed by atoms with Crippen molar-refractivity contribution in [3.05, 3.63) is 47.0 Å². The molecule has 3 N–H and O–H groups in total. The summed E-state index contributed by atoms with van der Waals surface area (Å²) < 4.78 is 53.6. The van der Waals surface area contributed by atoms with Gasteiger partial charge in [0.15, 0.2) is 5.82 Å². The van der Waals surface area contributed by atoms with E-state index in [1.165, 1.54) is 6.07 Å². The number of hydrogen-bond acceptors (Lipinski definition) is 8. The van der Waals surface area contributed by atoms with Gasteiger partial charge in [0.1, 0.15) is 35.7 Å². The number of benzene rings is 2. The van der Waals surface area contributed by atoms with Gasteiger partial charge in [0, 0.05) is 48.4 Å². The topological polar surface area (TPSA) is 92.4 Å². The van der Waals surface area contributed by atoms with E-state index in [4.69, 9.17) is 27.1 Å². The number of aromatic nitrogens is 3. The average molecular weight is 624 g/mol. The molecule has 1 unspecified atom stereocenters. The molecule has 4 saturated heterocycles. The van der Waals surface area contributed by atoms with E-state index in [1.807, 2.05) is 0 Å². The van der Waals surface area contributed by atoms with Gasteiger partial charge in [-0.1, -0.05) is 23.7 Å². The zero-order valence-corrected chi connectivity index (χ0v) is 25.1. The normalized spacial score (nSPS) is 28.3. The second-order valence-corrected chi connectivity index (χ2v) is 13.6. The maximum Gasteiger partial charge on any atom is 0.319 e. The van der Waals surface area contributed by atoms with Crippen LogP contribution >= 0.6 is 11.6 Å². The monoisotopic (exact) mass is 623 g/mol. The summed E-state index contributed by atoms with van der Waals surface area (Å²) in [5.74, 6) is -1.21. The summed E-state index contributed by atoms with van der Waals surface area (Å²) in [7, 11) is 0. The van der Waals surface area contributed by atoms with E-state index < -0.39 is 23.3 Å². The number of piperazine rings is 1.